The number of rotatable bonds is 2. The number of amides is 1. The fraction of sp³-hybridized carbons (Fsp3) is 0.111. The van der Waals surface area contributed by atoms with E-state index in [9.17, 15) is 14.9 Å². The SMILES string of the molecule is O=C(Nc1nc2ccc([N+](=O)[O-])cc2s1)C(Cl)(Cl)Cl. The van der Waals surface area contributed by atoms with E-state index in [1.54, 1.807) is 0 Å². The minimum absolute atomic E-state index is 0.0598. The monoisotopic (exact) mass is 339 g/mol. The number of carbonyl (C=O) groups is 1. The topological polar surface area (TPSA) is 85.1 Å². The molecule has 2 aromatic rings. The van der Waals surface area contributed by atoms with Gasteiger partial charge in [0.2, 0.25) is 0 Å². The lowest BCUT2D eigenvalue weighted by atomic mass is 10.3. The lowest BCUT2D eigenvalue weighted by Crippen LogP contribution is -2.26. The smallest absolute Gasteiger partial charge is 0.278 e. The van der Waals surface area contributed by atoms with Crippen LogP contribution in [-0.4, -0.2) is 19.6 Å². The molecule has 0 atom stereocenters. The number of halogens is 3. The van der Waals surface area contributed by atoms with Crippen LogP contribution in [0, 0.1) is 10.1 Å². The zero-order valence-electron chi connectivity index (χ0n) is 8.89. The summed E-state index contributed by atoms with van der Waals surface area (Å²) in [6.45, 7) is 0. The van der Waals surface area contributed by atoms with Crippen LogP contribution in [0.2, 0.25) is 0 Å². The van der Waals surface area contributed by atoms with Gasteiger partial charge in [-0.15, -0.1) is 0 Å². The third-order valence-corrected chi connectivity index (χ3v) is 3.51. The number of alkyl halides is 3. The molecule has 2 rings (SSSR count). The molecule has 0 saturated carbocycles. The number of non-ortho nitro benzene ring substituents is 1. The zero-order valence-corrected chi connectivity index (χ0v) is 12.0. The van der Waals surface area contributed by atoms with Gasteiger partial charge in [0.1, 0.15) is 0 Å². The molecule has 0 aliphatic carbocycles. The molecule has 10 heteroatoms. The Balaban J connectivity index is 2.32. The summed E-state index contributed by atoms with van der Waals surface area (Å²) in [5, 5.41) is 13.2. The standard InChI is InChI=1S/C9H4Cl3N3O3S/c10-9(11,12)7(16)14-8-13-5-2-1-4(15(17)18)3-6(5)19-8/h1-3H,(H,13,14,16). The molecule has 6 nitrogen and oxygen atoms in total. The maximum Gasteiger partial charge on any atom is 0.278 e. The van der Waals surface area contributed by atoms with Crippen molar-refractivity contribution in [2.75, 3.05) is 5.32 Å². The molecule has 0 saturated heterocycles. The largest absolute Gasteiger partial charge is 0.298 e. The van der Waals surface area contributed by atoms with Crippen LogP contribution in [0.1, 0.15) is 0 Å². The fourth-order valence-corrected chi connectivity index (χ4v) is 2.28. The number of benzene rings is 1. The van der Waals surface area contributed by atoms with Gasteiger partial charge in [-0.3, -0.25) is 20.2 Å². The summed E-state index contributed by atoms with van der Waals surface area (Å²) in [7, 11) is 0. The Morgan fingerprint density at radius 1 is 1.42 bits per heavy atom. The van der Waals surface area contributed by atoms with Crippen LogP contribution in [0.5, 0.6) is 0 Å². The first kappa shape index (κ1) is 14.3. The third kappa shape index (κ3) is 3.24. The van der Waals surface area contributed by atoms with Gasteiger partial charge in [0.05, 0.1) is 15.1 Å². The van der Waals surface area contributed by atoms with Gasteiger partial charge in [0, 0.05) is 12.1 Å². The number of aromatic nitrogens is 1. The van der Waals surface area contributed by atoms with Crippen LogP contribution < -0.4 is 5.32 Å². The zero-order chi connectivity index (χ0) is 14.2. The molecule has 0 fully saturated rings. The van der Waals surface area contributed by atoms with Crippen molar-refractivity contribution in [2.45, 2.75) is 3.79 Å². The van der Waals surface area contributed by atoms with Crippen LogP contribution in [-0.2, 0) is 4.79 Å². The van der Waals surface area contributed by atoms with Crippen molar-refractivity contribution < 1.29 is 9.72 Å². The number of anilines is 1. The highest BCUT2D eigenvalue weighted by atomic mass is 35.6. The summed E-state index contributed by atoms with van der Waals surface area (Å²) >= 11 is 17.3. The molecule has 1 aromatic carbocycles. The molecule has 0 radical (unpaired) electrons. The van der Waals surface area contributed by atoms with Crippen LogP contribution >= 0.6 is 46.1 Å². The Morgan fingerprint density at radius 3 is 2.68 bits per heavy atom. The summed E-state index contributed by atoms with van der Waals surface area (Å²) in [6, 6.07) is 4.16. The van der Waals surface area contributed by atoms with Crippen LogP contribution in [0.3, 0.4) is 0 Å². The Kier molecular flexibility index (Phi) is 3.82. The first-order valence-corrected chi connectivity index (χ1v) is 6.65. The van der Waals surface area contributed by atoms with Gasteiger partial charge in [-0.1, -0.05) is 46.1 Å². The van der Waals surface area contributed by atoms with Gasteiger partial charge in [-0.05, 0) is 6.07 Å². The normalized spacial score (nSPS) is 11.5. The maximum atomic E-state index is 11.4. The van der Waals surface area contributed by atoms with E-state index >= 15 is 0 Å². The predicted octanol–water partition coefficient (Wildman–Crippen LogP) is 3.51. The number of thiazole rings is 1. The Bertz CT molecular complexity index is 668. The number of carbonyl (C=O) groups excluding carboxylic acids is 1. The molecule has 0 aliphatic heterocycles. The van der Waals surface area contributed by atoms with E-state index in [0.717, 1.165) is 11.3 Å². The van der Waals surface area contributed by atoms with Crippen molar-refractivity contribution in [1.82, 2.24) is 4.98 Å². The Labute approximate surface area is 125 Å². The molecular weight excluding hydrogens is 337 g/mol. The van der Waals surface area contributed by atoms with Crippen molar-refractivity contribution in [3.05, 3.63) is 28.3 Å². The van der Waals surface area contributed by atoms with Gasteiger partial charge in [-0.25, -0.2) is 4.98 Å². The number of fused-ring (bicyclic) bond motifs is 1. The van der Waals surface area contributed by atoms with Crippen molar-refractivity contribution in [1.29, 1.82) is 0 Å². The Morgan fingerprint density at radius 2 is 2.11 bits per heavy atom. The van der Waals surface area contributed by atoms with Gasteiger partial charge >= 0.3 is 0 Å². The second-order valence-corrected chi connectivity index (χ2v) is 6.69. The van der Waals surface area contributed by atoms with E-state index < -0.39 is 14.6 Å². The molecule has 0 aliphatic rings. The maximum absolute atomic E-state index is 11.4. The molecule has 1 aromatic heterocycles. The minimum Gasteiger partial charge on any atom is -0.298 e. The molecular formula is C9H4Cl3N3O3S. The van der Waals surface area contributed by atoms with E-state index in [2.05, 4.69) is 10.3 Å². The number of nitro benzene ring substituents is 1. The Hall–Kier alpha value is -1.15. The van der Waals surface area contributed by atoms with E-state index in [0.29, 0.717) is 10.2 Å². The highest BCUT2D eigenvalue weighted by Crippen LogP contribution is 2.32. The summed E-state index contributed by atoms with van der Waals surface area (Å²) in [5.74, 6) is -0.842. The van der Waals surface area contributed by atoms with Gasteiger partial charge in [-0.2, -0.15) is 0 Å². The number of nitrogens with one attached hydrogen (secondary N) is 1. The van der Waals surface area contributed by atoms with E-state index in [1.165, 1.54) is 18.2 Å². The quantitative estimate of drug-likeness (QED) is 0.515. The van der Waals surface area contributed by atoms with E-state index in [4.69, 9.17) is 34.8 Å². The highest BCUT2D eigenvalue weighted by Gasteiger charge is 2.31. The number of hydrogen-bond acceptors (Lipinski definition) is 5. The summed E-state index contributed by atoms with van der Waals surface area (Å²) in [5.41, 5.74) is 0.450. The summed E-state index contributed by atoms with van der Waals surface area (Å²) < 4.78 is -1.54. The van der Waals surface area contributed by atoms with Crippen molar-refractivity contribution in [3.8, 4) is 0 Å². The van der Waals surface area contributed by atoms with Crippen LogP contribution in [0.15, 0.2) is 18.2 Å². The second kappa shape index (κ2) is 5.09. The van der Waals surface area contributed by atoms with Crippen molar-refractivity contribution >= 4 is 73.1 Å². The van der Waals surface area contributed by atoms with Crippen LogP contribution in [0.25, 0.3) is 10.2 Å². The fourth-order valence-electron chi connectivity index (χ4n) is 1.25. The van der Waals surface area contributed by atoms with E-state index in [1.807, 2.05) is 0 Å². The molecule has 0 unspecified atom stereocenters. The molecule has 0 bridgehead atoms. The molecule has 19 heavy (non-hydrogen) atoms. The first-order valence-electron chi connectivity index (χ1n) is 4.70. The van der Waals surface area contributed by atoms with Gasteiger partial charge < -0.3 is 0 Å². The summed E-state index contributed by atoms with van der Waals surface area (Å²) in [6.07, 6.45) is 0. The summed E-state index contributed by atoms with van der Waals surface area (Å²) in [4.78, 5) is 25.6. The van der Waals surface area contributed by atoms with Gasteiger partial charge in [0.15, 0.2) is 5.13 Å². The molecule has 0 spiro atoms. The molecule has 1 N–H and O–H groups in total. The number of nitrogens with zero attached hydrogens (tertiary/aromatic N) is 2. The second-order valence-electron chi connectivity index (χ2n) is 3.38. The number of nitro groups is 1. The lowest BCUT2D eigenvalue weighted by molar-refractivity contribution is -0.384. The van der Waals surface area contributed by atoms with Crippen molar-refractivity contribution in [3.63, 3.8) is 0 Å². The van der Waals surface area contributed by atoms with Gasteiger partial charge in [0.25, 0.3) is 15.4 Å². The molecule has 1 heterocycles. The molecule has 1 amide bonds. The first-order chi connectivity index (χ1) is 8.77. The van der Waals surface area contributed by atoms with Crippen LogP contribution in [0.4, 0.5) is 10.8 Å². The highest BCUT2D eigenvalue weighted by molar-refractivity contribution is 7.22. The van der Waals surface area contributed by atoms with E-state index in [-0.39, 0.29) is 10.8 Å². The average Bonchev–Trinajstić information content (AvgIpc) is 2.68. The predicted molar refractivity (Wildman–Crippen MR) is 75.2 cm³/mol. The third-order valence-electron chi connectivity index (χ3n) is 2.06. The lowest BCUT2D eigenvalue weighted by Gasteiger charge is -2.08. The minimum atomic E-state index is -2.09. The molecule has 100 valence electrons. The number of hydrogen-bond donors (Lipinski definition) is 1. The van der Waals surface area contributed by atoms with Crippen molar-refractivity contribution in [2.24, 2.45) is 0 Å². The average molecular weight is 341 g/mol.